The molecule has 0 aliphatic carbocycles. The lowest BCUT2D eigenvalue weighted by Gasteiger charge is -2.34. The van der Waals surface area contributed by atoms with Crippen molar-refractivity contribution in [2.24, 2.45) is 11.8 Å². The Kier molecular flexibility index (Phi) is 8.19. The second kappa shape index (κ2) is 10.9. The van der Waals surface area contributed by atoms with Crippen molar-refractivity contribution >= 4 is 33.3 Å². The number of anilines is 2. The topological polar surface area (TPSA) is 113 Å². The molecular weight excluding hydrogens is 456 g/mol. The van der Waals surface area contributed by atoms with E-state index in [-0.39, 0.29) is 28.0 Å². The maximum Gasteiger partial charge on any atom is 0.335 e. The van der Waals surface area contributed by atoms with E-state index in [1.54, 1.807) is 37.3 Å². The van der Waals surface area contributed by atoms with Gasteiger partial charge in [0.25, 0.3) is 10.0 Å². The summed E-state index contributed by atoms with van der Waals surface area (Å²) in [7, 11) is -3.96. The van der Waals surface area contributed by atoms with E-state index in [2.05, 4.69) is 18.6 Å². The minimum atomic E-state index is -3.96. The van der Waals surface area contributed by atoms with E-state index in [1.165, 1.54) is 12.1 Å². The monoisotopic (exact) mass is 488 g/mol. The Balaban J connectivity index is 1.91. The standard InChI is InChI=1S/C25H32N2O6S/c1-4-33-25(30)20-6-5-13-27(16-20)23-12-9-19(24(28)29)15-22(23)26-34(31,32)21-10-7-18(8-11-21)14-17(2)3/h7-12,15,17,20,26H,4-6,13-14,16H2,1-3H3,(H,28,29)/t20-/m0/s1. The fraction of sp³-hybridized carbons (Fsp3) is 0.440. The van der Waals surface area contributed by atoms with Gasteiger partial charge < -0.3 is 14.7 Å². The van der Waals surface area contributed by atoms with Crippen molar-refractivity contribution < 1.29 is 27.9 Å². The number of nitrogens with one attached hydrogen (secondary N) is 1. The van der Waals surface area contributed by atoms with Gasteiger partial charge >= 0.3 is 11.9 Å². The third-order valence-corrected chi connectivity index (χ3v) is 7.13. The molecule has 2 aromatic carbocycles. The highest BCUT2D eigenvalue weighted by Gasteiger charge is 2.29. The van der Waals surface area contributed by atoms with Crippen LogP contribution in [0.15, 0.2) is 47.4 Å². The smallest absolute Gasteiger partial charge is 0.335 e. The Morgan fingerprint density at radius 2 is 1.88 bits per heavy atom. The highest BCUT2D eigenvalue weighted by Crippen LogP contribution is 2.33. The number of hydrogen-bond acceptors (Lipinski definition) is 6. The van der Waals surface area contributed by atoms with Crippen LogP contribution in [0.4, 0.5) is 11.4 Å². The molecule has 8 nitrogen and oxygen atoms in total. The lowest BCUT2D eigenvalue weighted by Crippen LogP contribution is -2.39. The number of ether oxygens (including phenoxy) is 1. The molecule has 2 aromatic rings. The lowest BCUT2D eigenvalue weighted by atomic mass is 9.97. The quantitative estimate of drug-likeness (QED) is 0.510. The third kappa shape index (κ3) is 6.28. The van der Waals surface area contributed by atoms with Crippen molar-refractivity contribution in [2.45, 2.75) is 44.9 Å². The number of sulfonamides is 1. The second-order valence-corrected chi connectivity index (χ2v) is 10.6. The summed E-state index contributed by atoms with van der Waals surface area (Å²) in [6.07, 6.45) is 2.26. The first-order valence-electron chi connectivity index (χ1n) is 11.5. The van der Waals surface area contributed by atoms with Gasteiger partial charge in [0.05, 0.1) is 34.4 Å². The van der Waals surface area contributed by atoms with E-state index < -0.39 is 16.0 Å². The molecule has 1 atom stereocenters. The van der Waals surface area contributed by atoms with Gasteiger partial charge in [-0.2, -0.15) is 0 Å². The van der Waals surface area contributed by atoms with Crippen LogP contribution in [0, 0.1) is 11.8 Å². The van der Waals surface area contributed by atoms with E-state index in [4.69, 9.17) is 4.74 Å². The summed E-state index contributed by atoms with van der Waals surface area (Å²) in [6.45, 7) is 7.21. The van der Waals surface area contributed by atoms with Gasteiger partial charge in [0.15, 0.2) is 0 Å². The van der Waals surface area contributed by atoms with Gasteiger partial charge in [-0.25, -0.2) is 13.2 Å². The number of esters is 1. The van der Waals surface area contributed by atoms with Gasteiger partial charge in [-0.3, -0.25) is 9.52 Å². The normalized spacial score (nSPS) is 16.4. The van der Waals surface area contributed by atoms with Gasteiger partial charge in [-0.1, -0.05) is 26.0 Å². The summed E-state index contributed by atoms with van der Waals surface area (Å²) in [5, 5.41) is 9.45. The molecule has 0 bridgehead atoms. The van der Waals surface area contributed by atoms with Crippen molar-refractivity contribution in [3.63, 3.8) is 0 Å². The molecule has 1 fully saturated rings. The van der Waals surface area contributed by atoms with E-state index in [1.807, 2.05) is 4.90 Å². The number of benzene rings is 2. The summed E-state index contributed by atoms with van der Waals surface area (Å²) in [5.41, 5.74) is 1.70. The molecule has 0 radical (unpaired) electrons. The summed E-state index contributed by atoms with van der Waals surface area (Å²) >= 11 is 0. The number of rotatable bonds is 9. The highest BCUT2D eigenvalue weighted by molar-refractivity contribution is 7.92. The Morgan fingerprint density at radius 3 is 2.50 bits per heavy atom. The van der Waals surface area contributed by atoms with Gasteiger partial charge in [0, 0.05) is 13.1 Å². The van der Waals surface area contributed by atoms with E-state index in [0.29, 0.717) is 37.7 Å². The molecule has 0 saturated carbocycles. The fourth-order valence-corrected chi connectivity index (χ4v) is 5.22. The molecule has 9 heteroatoms. The van der Waals surface area contributed by atoms with Gasteiger partial charge in [-0.05, 0) is 68.0 Å². The van der Waals surface area contributed by atoms with Crippen LogP contribution in [-0.4, -0.2) is 45.2 Å². The van der Waals surface area contributed by atoms with Crippen LogP contribution in [0.5, 0.6) is 0 Å². The first kappa shape index (κ1) is 25.6. The van der Waals surface area contributed by atoms with Crippen LogP contribution >= 0.6 is 0 Å². The zero-order chi connectivity index (χ0) is 24.9. The molecule has 1 aliphatic heterocycles. The van der Waals surface area contributed by atoms with Crippen LogP contribution in [0.1, 0.15) is 49.5 Å². The number of carboxylic acid groups (broad SMARTS) is 1. The third-order valence-electron chi connectivity index (χ3n) is 5.75. The molecule has 1 aliphatic rings. The Morgan fingerprint density at radius 1 is 1.18 bits per heavy atom. The molecule has 1 saturated heterocycles. The first-order valence-corrected chi connectivity index (χ1v) is 13.0. The number of aromatic carboxylic acids is 1. The van der Waals surface area contributed by atoms with Crippen LogP contribution < -0.4 is 9.62 Å². The van der Waals surface area contributed by atoms with Crippen molar-refractivity contribution in [1.29, 1.82) is 0 Å². The summed E-state index contributed by atoms with van der Waals surface area (Å²) in [5.74, 6) is -1.32. The molecule has 0 amide bonds. The molecule has 0 spiro atoms. The molecule has 3 rings (SSSR count). The van der Waals surface area contributed by atoms with E-state index >= 15 is 0 Å². The SMILES string of the molecule is CCOC(=O)[C@H]1CCCN(c2ccc(C(=O)O)cc2NS(=O)(=O)c2ccc(CC(C)C)cc2)C1. The van der Waals surface area contributed by atoms with Crippen LogP contribution in [0.25, 0.3) is 0 Å². The van der Waals surface area contributed by atoms with Gasteiger partial charge in [0.1, 0.15) is 0 Å². The minimum absolute atomic E-state index is 0.0346. The summed E-state index contributed by atoms with van der Waals surface area (Å²) in [6, 6.07) is 11.0. The largest absolute Gasteiger partial charge is 0.478 e. The van der Waals surface area contributed by atoms with Crippen molar-refractivity contribution in [3.8, 4) is 0 Å². The molecule has 34 heavy (non-hydrogen) atoms. The molecular formula is C25H32N2O6S. The number of carbonyl (C=O) groups excluding carboxylic acids is 1. The lowest BCUT2D eigenvalue weighted by molar-refractivity contribution is -0.148. The number of carbonyl (C=O) groups is 2. The van der Waals surface area contributed by atoms with Gasteiger partial charge in [-0.15, -0.1) is 0 Å². The molecule has 1 heterocycles. The van der Waals surface area contributed by atoms with Crippen LogP contribution in [-0.2, 0) is 26.0 Å². The first-order chi connectivity index (χ1) is 16.1. The minimum Gasteiger partial charge on any atom is -0.478 e. The van der Waals surface area contributed by atoms with Crippen molar-refractivity contribution in [3.05, 3.63) is 53.6 Å². The van der Waals surface area contributed by atoms with Crippen LogP contribution in [0.2, 0.25) is 0 Å². The van der Waals surface area contributed by atoms with E-state index in [0.717, 1.165) is 18.4 Å². The maximum atomic E-state index is 13.2. The number of piperidine rings is 1. The van der Waals surface area contributed by atoms with Gasteiger partial charge in [0.2, 0.25) is 0 Å². The zero-order valence-corrected chi connectivity index (χ0v) is 20.6. The second-order valence-electron chi connectivity index (χ2n) is 8.92. The molecule has 2 N–H and O–H groups in total. The fourth-order valence-electron chi connectivity index (χ4n) is 4.15. The predicted molar refractivity (Wildman–Crippen MR) is 131 cm³/mol. The predicted octanol–water partition coefficient (Wildman–Crippen LogP) is 4.16. The average molecular weight is 489 g/mol. The number of hydrogen-bond donors (Lipinski definition) is 2. The Hall–Kier alpha value is -3.07. The summed E-state index contributed by atoms with van der Waals surface area (Å²) in [4.78, 5) is 25.8. The zero-order valence-electron chi connectivity index (χ0n) is 19.8. The average Bonchev–Trinajstić information content (AvgIpc) is 2.79. The highest BCUT2D eigenvalue weighted by atomic mass is 32.2. The van der Waals surface area contributed by atoms with E-state index in [9.17, 15) is 23.1 Å². The number of carboxylic acids is 1. The Labute approximate surface area is 201 Å². The molecule has 0 aromatic heterocycles. The number of nitrogens with zero attached hydrogens (tertiary/aromatic N) is 1. The van der Waals surface area contributed by atoms with Crippen molar-refractivity contribution in [2.75, 3.05) is 29.3 Å². The van der Waals surface area contributed by atoms with Crippen molar-refractivity contribution in [1.82, 2.24) is 0 Å². The molecule has 0 unspecified atom stereocenters. The maximum absolute atomic E-state index is 13.2. The summed E-state index contributed by atoms with van der Waals surface area (Å²) < 4.78 is 34.1. The van der Waals surface area contributed by atoms with Crippen LogP contribution in [0.3, 0.4) is 0 Å². The molecule has 184 valence electrons. The Bertz CT molecular complexity index is 1130.